The van der Waals surface area contributed by atoms with Crippen molar-refractivity contribution in [3.63, 3.8) is 0 Å². The Morgan fingerprint density at radius 1 is 1.21 bits per heavy atom. The number of rotatable bonds is 2. The molecule has 0 unspecified atom stereocenters. The fourth-order valence-corrected chi connectivity index (χ4v) is 3.98. The lowest BCUT2D eigenvalue weighted by Crippen LogP contribution is -2.35. The first-order chi connectivity index (χ1) is 11.7. The fraction of sp³-hybridized carbons (Fsp3) is 0.353. The third-order valence-electron chi connectivity index (χ3n) is 4.28. The van der Waals surface area contributed by atoms with Gasteiger partial charge >= 0.3 is 0 Å². The van der Waals surface area contributed by atoms with E-state index >= 15 is 0 Å². The molecule has 1 aliphatic rings. The van der Waals surface area contributed by atoms with Crippen molar-refractivity contribution in [3.8, 4) is 0 Å². The van der Waals surface area contributed by atoms with Gasteiger partial charge in [-0.05, 0) is 25.5 Å². The average Bonchev–Trinajstić information content (AvgIpc) is 3.13. The summed E-state index contributed by atoms with van der Waals surface area (Å²) in [4.78, 5) is 25.4. The van der Waals surface area contributed by atoms with Gasteiger partial charge < -0.3 is 14.2 Å². The molecule has 0 saturated carbocycles. The number of amides is 1. The van der Waals surface area contributed by atoms with E-state index in [1.54, 1.807) is 18.3 Å². The quantitative estimate of drug-likeness (QED) is 0.716. The minimum Gasteiger partial charge on any atom is -0.438 e. The van der Waals surface area contributed by atoms with Crippen molar-refractivity contribution in [3.05, 3.63) is 42.1 Å². The van der Waals surface area contributed by atoms with Crippen LogP contribution in [0.5, 0.6) is 0 Å². The Labute approximate surface area is 143 Å². The molecule has 6 nitrogen and oxygen atoms in total. The van der Waals surface area contributed by atoms with Crippen LogP contribution in [0.15, 0.2) is 35.1 Å². The number of aromatic nitrogens is 2. The molecule has 1 saturated heterocycles. The number of thiazole rings is 1. The first-order valence-corrected chi connectivity index (χ1v) is 8.84. The van der Waals surface area contributed by atoms with Crippen LogP contribution in [0, 0.1) is 6.92 Å². The van der Waals surface area contributed by atoms with Crippen LogP contribution in [0.25, 0.3) is 10.2 Å². The molecule has 1 amide bonds. The SMILES string of the molecule is Cc1ncoc1C(=O)N1CCCN(c2nc3ccccc3s2)CC1. The Hall–Kier alpha value is -2.41. The predicted octanol–water partition coefficient (Wildman–Crippen LogP) is 2.95. The molecule has 124 valence electrons. The Kier molecular flexibility index (Phi) is 3.93. The van der Waals surface area contributed by atoms with Gasteiger partial charge in [-0.1, -0.05) is 23.5 Å². The zero-order valence-corrected chi connectivity index (χ0v) is 14.3. The van der Waals surface area contributed by atoms with Crippen molar-refractivity contribution in [2.45, 2.75) is 13.3 Å². The average molecular weight is 342 g/mol. The largest absolute Gasteiger partial charge is 0.438 e. The van der Waals surface area contributed by atoms with Crippen molar-refractivity contribution in [2.24, 2.45) is 0 Å². The minimum atomic E-state index is -0.0730. The number of nitrogens with zero attached hydrogens (tertiary/aromatic N) is 4. The number of carbonyl (C=O) groups is 1. The number of fused-ring (bicyclic) bond motifs is 1. The van der Waals surface area contributed by atoms with Gasteiger partial charge in [0.2, 0.25) is 5.76 Å². The van der Waals surface area contributed by atoms with Crippen LogP contribution in [0.4, 0.5) is 5.13 Å². The van der Waals surface area contributed by atoms with Gasteiger partial charge in [0.05, 0.1) is 15.9 Å². The summed E-state index contributed by atoms with van der Waals surface area (Å²) >= 11 is 1.71. The molecule has 0 aliphatic carbocycles. The van der Waals surface area contributed by atoms with Crippen LogP contribution >= 0.6 is 11.3 Å². The molecule has 7 heteroatoms. The van der Waals surface area contributed by atoms with Gasteiger partial charge in [0.25, 0.3) is 5.91 Å². The molecule has 2 aromatic heterocycles. The fourth-order valence-electron chi connectivity index (χ4n) is 2.96. The highest BCUT2D eigenvalue weighted by Gasteiger charge is 2.25. The Morgan fingerprint density at radius 2 is 2.08 bits per heavy atom. The molecule has 0 bridgehead atoms. The summed E-state index contributed by atoms with van der Waals surface area (Å²) in [6.45, 7) is 4.86. The highest BCUT2D eigenvalue weighted by atomic mass is 32.1. The number of anilines is 1. The van der Waals surface area contributed by atoms with Gasteiger partial charge in [0.1, 0.15) is 0 Å². The summed E-state index contributed by atoms with van der Waals surface area (Å²) in [7, 11) is 0. The summed E-state index contributed by atoms with van der Waals surface area (Å²) < 4.78 is 6.44. The van der Waals surface area contributed by atoms with Gasteiger partial charge in [0.15, 0.2) is 11.5 Å². The summed E-state index contributed by atoms with van der Waals surface area (Å²) in [5.41, 5.74) is 1.68. The molecule has 1 aliphatic heterocycles. The molecule has 0 atom stereocenters. The Morgan fingerprint density at radius 3 is 2.88 bits per heavy atom. The zero-order valence-electron chi connectivity index (χ0n) is 13.4. The summed E-state index contributed by atoms with van der Waals surface area (Å²) in [6, 6.07) is 8.17. The summed E-state index contributed by atoms with van der Waals surface area (Å²) in [5, 5.41) is 1.03. The molecule has 3 aromatic rings. The molecule has 1 aromatic carbocycles. The zero-order chi connectivity index (χ0) is 16.5. The minimum absolute atomic E-state index is 0.0730. The predicted molar refractivity (Wildman–Crippen MR) is 93.6 cm³/mol. The molecule has 3 heterocycles. The highest BCUT2D eigenvalue weighted by molar-refractivity contribution is 7.22. The molecule has 1 fully saturated rings. The number of carbonyl (C=O) groups excluding carboxylic acids is 1. The second-order valence-electron chi connectivity index (χ2n) is 5.86. The highest BCUT2D eigenvalue weighted by Crippen LogP contribution is 2.29. The van der Waals surface area contributed by atoms with Crippen molar-refractivity contribution >= 4 is 32.6 Å². The molecule has 0 radical (unpaired) electrons. The Balaban J connectivity index is 1.50. The number of hydrogen-bond donors (Lipinski definition) is 0. The molecule has 0 N–H and O–H groups in total. The van der Waals surface area contributed by atoms with Gasteiger partial charge in [-0.2, -0.15) is 0 Å². The molecule has 0 spiro atoms. The van der Waals surface area contributed by atoms with E-state index in [2.05, 4.69) is 16.0 Å². The normalized spacial score (nSPS) is 15.7. The first kappa shape index (κ1) is 15.1. The third-order valence-corrected chi connectivity index (χ3v) is 5.37. The van der Waals surface area contributed by atoms with Crippen LogP contribution in [0.3, 0.4) is 0 Å². The van der Waals surface area contributed by atoms with E-state index in [-0.39, 0.29) is 5.91 Å². The lowest BCUT2D eigenvalue weighted by Gasteiger charge is -2.21. The lowest BCUT2D eigenvalue weighted by atomic mass is 10.3. The molecular weight excluding hydrogens is 324 g/mol. The standard InChI is InChI=1S/C17H18N4O2S/c1-12-15(23-11-18-12)16(22)20-7-4-8-21(10-9-20)17-19-13-5-2-3-6-14(13)24-17/h2-3,5-6,11H,4,7-10H2,1H3. The molecule has 4 rings (SSSR count). The second-order valence-corrected chi connectivity index (χ2v) is 6.87. The van der Waals surface area contributed by atoms with Crippen molar-refractivity contribution in [2.75, 3.05) is 31.1 Å². The number of benzene rings is 1. The number of oxazole rings is 1. The maximum atomic E-state index is 12.6. The summed E-state index contributed by atoms with van der Waals surface area (Å²) in [6.07, 6.45) is 2.24. The van der Waals surface area contributed by atoms with Crippen LogP contribution in [0.2, 0.25) is 0 Å². The van der Waals surface area contributed by atoms with Crippen LogP contribution in [0.1, 0.15) is 22.7 Å². The van der Waals surface area contributed by atoms with Crippen molar-refractivity contribution < 1.29 is 9.21 Å². The van der Waals surface area contributed by atoms with Gasteiger partial charge in [0, 0.05) is 26.2 Å². The first-order valence-electron chi connectivity index (χ1n) is 8.02. The van der Waals surface area contributed by atoms with Gasteiger partial charge in [-0.25, -0.2) is 9.97 Å². The number of hydrogen-bond acceptors (Lipinski definition) is 6. The second kappa shape index (κ2) is 6.24. The van der Waals surface area contributed by atoms with E-state index in [1.807, 2.05) is 23.1 Å². The van der Waals surface area contributed by atoms with Crippen LogP contribution < -0.4 is 4.90 Å². The van der Waals surface area contributed by atoms with Crippen molar-refractivity contribution in [1.29, 1.82) is 0 Å². The van der Waals surface area contributed by atoms with Crippen LogP contribution in [-0.4, -0.2) is 47.0 Å². The van der Waals surface area contributed by atoms with Gasteiger partial charge in [-0.15, -0.1) is 0 Å². The third kappa shape index (κ3) is 2.75. The van der Waals surface area contributed by atoms with E-state index in [4.69, 9.17) is 9.40 Å². The van der Waals surface area contributed by atoms with Gasteiger partial charge in [-0.3, -0.25) is 4.79 Å². The maximum absolute atomic E-state index is 12.6. The topological polar surface area (TPSA) is 62.5 Å². The lowest BCUT2D eigenvalue weighted by molar-refractivity contribution is 0.0734. The number of para-hydroxylation sites is 1. The molecule has 24 heavy (non-hydrogen) atoms. The van der Waals surface area contributed by atoms with Crippen molar-refractivity contribution in [1.82, 2.24) is 14.9 Å². The smallest absolute Gasteiger partial charge is 0.291 e. The van der Waals surface area contributed by atoms with E-state index in [1.165, 1.54) is 11.1 Å². The number of aryl methyl sites for hydroxylation is 1. The monoisotopic (exact) mass is 342 g/mol. The van der Waals surface area contributed by atoms with E-state index in [9.17, 15) is 4.79 Å². The maximum Gasteiger partial charge on any atom is 0.291 e. The van der Waals surface area contributed by atoms with E-state index in [0.717, 1.165) is 36.7 Å². The van der Waals surface area contributed by atoms with E-state index in [0.29, 0.717) is 18.0 Å². The Bertz CT molecular complexity index is 839. The van der Waals surface area contributed by atoms with E-state index < -0.39 is 0 Å². The molecular formula is C17H18N4O2S. The summed E-state index contributed by atoms with van der Waals surface area (Å²) in [5.74, 6) is 0.277. The van der Waals surface area contributed by atoms with Crippen LogP contribution in [-0.2, 0) is 0 Å².